The fourth-order valence-corrected chi connectivity index (χ4v) is 3.60. The molecule has 1 nitrogen and oxygen atoms in total. The summed E-state index contributed by atoms with van der Waals surface area (Å²) in [5.41, 5.74) is 0. The average molecular weight is 229 g/mol. The smallest absolute Gasteiger partial charge is 0.133 e. The second-order valence-electron chi connectivity index (χ2n) is 4.57. The lowest BCUT2D eigenvalue weighted by atomic mass is 10.1. The predicted octanol–water partition coefficient (Wildman–Crippen LogP) is 3.39. The summed E-state index contributed by atoms with van der Waals surface area (Å²) in [6.45, 7) is 0. The predicted molar refractivity (Wildman–Crippen MR) is 67.9 cm³/mol. The van der Waals surface area contributed by atoms with Crippen LogP contribution in [0.25, 0.3) is 0 Å². The maximum Gasteiger partial charge on any atom is 0.133 e. The molecule has 0 aliphatic heterocycles. The summed E-state index contributed by atoms with van der Waals surface area (Å²) in [4.78, 5) is 2.44. The summed E-state index contributed by atoms with van der Waals surface area (Å²) >= 11 is 9.68. The van der Waals surface area contributed by atoms with E-state index in [1.54, 1.807) is 0 Å². The maximum atomic E-state index is 5.28. The molecular weight excluding hydrogens is 210 g/mol. The van der Waals surface area contributed by atoms with Crippen LogP contribution in [0, 0.1) is 0 Å². The molecule has 80 valence electrons. The van der Waals surface area contributed by atoms with Crippen LogP contribution in [0.2, 0.25) is 0 Å². The van der Waals surface area contributed by atoms with E-state index in [1.807, 2.05) is 0 Å². The molecule has 0 bridgehead atoms. The molecule has 2 rings (SSSR count). The second-order valence-corrected chi connectivity index (χ2v) is 5.68. The van der Waals surface area contributed by atoms with Crippen molar-refractivity contribution in [1.29, 1.82) is 0 Å². The van der Waals surface area contributed by atoms with Gasteiger partial charge in [0.2, 0.25) is 0 Å². The second kappa shape index (κ2) is 4.84. The Balaban J connectivity index is 2.02. The normalized spacial score (nSPS) is 24.4. The summed E-state index contributed by atoms with van der Waals surface area (Å²) in [6, 6.07) is 1.42. The number of nitrogens with zero attached hydrogens (tertiary/aromatic N) is 1. The van der Waals surface area contributed by atoms with Crippen molar-refractivity contribution in [2.24, 2.45) is 0 Å². The lowest BCUT2D eigenvalue weighted by Gasteiger charge is -2.35. The van der Waals surface area contributed by atoms with E-state index in [0.717, 1.165) is 4.32 Å². The van der Waals surface area contributed by atoms with Crippen molar-refractivity contribution in [3.8, 4) is 0 Å². The van der Waals surface area contributed by atoms with Gasteiger partial charge >= 0.3 is 0 Å². The highest BCUT2D eigenvalue weighted by atomic mass is 32.1. The molecule has 0 saturated heterocycles. The van der Waals surface area contributed by atoms with Crippen LogP contribution in [0.1, 0.15) is 51.4 Å². The first kappa shape index (κ1) is 10.7. The Labute approximate surface area is 97.7 Å². The van der Waals surface area contributed by atoms with Crippen molar-refractivity contribution in [2.45, 2.75) is 63.5 Å². The quantitative estimate of drug-likeness (QED) is 0.571. The van der Waals surface area contributed by atoms with E-state index < -0.39 is 0 Å². The minimum atomic E-state index is 0.711. The zero-order valence-electron chi connectivity index (χ0n) is 8.61. The molecule has 0 atom stereocenters. The lowest BCUT2D eigenvalue weighted by Crippen LogP contribution is -2.42. The number of hydrogen-bond donors (Lipinski definition) is 1. The first-order chi connectivity index (χ1) is 6.79. The summed E-state index contributed by atoms with van der Waals surface area (Å²) in [7, 11) is 0. The fourth-order valence-electron chi connectivity index (χ4n) is 2.98. The van der Waals surface area contributed by atoms with Crippen LogP contribution in [0.3, 0.4) is 0 Å². The standard InChI is InChI=1S/C11H19NS2/c13-11(14)12(9-5-1-2-6-9)10-7-3-4-8-10/h9-10H,1-8H2,(H,13,14). The Bertz CT molecular complexity index is 189. The van der Waals surface area contributed by atoms with Crippen molar-refractivity contribution in [1.82, 2.24) is 4.90 Å². The fraction of sp³-hybridized carbons (Fsp3) is 0.909. The van der Waals surface area contributed by atoms with Gasteiger partial charge in [-0.25, -0.2) is 0 Å². The molecule has 0 aromatic carbocycles. The van der Waals surface area contributed by atoms with E-state index in [4.69, 9.17) is 12.2 Å². The molecule has 0 unspecified atom stereocenters. The topological polar surface area (TPSA) is 3.24 Å². The summed E-state index contributed by atoms with van der Waals surface area (Å²) in [5.74, 6) is 0. The third kappa shape index (κ3) is 2.25. The summed E-state index contributed by atoms with van der Waals surface area (Å²) in [5, 5.41) is 0. The van der Waals surface area contributed by atoms with Gasteiger partial charge < -0.3 is 4.90 Å². The third-order valence-electron chi connectivity index (χ3n) is 3.66. The summed E-state index contributed by atoms with van der Waals surface area (Å²) < 4.78 is 0.837. The van der Waals surface area contributed by atoms with Gasteiger partial charge in [-0.3, -0.25) is 0 Å². The molecule has 3 heteroatoms. The van der Waals surface area contributed by atoms with Crippen molar-refractivity contribution >= 4 is 29.2 Å². The van der Waals surface area contributed by atoms with Gasteiger partial charge in [-0.05, 0) is 25.7 Å². The molecule has 2 fully saturated rings. The molecule has 2 saturated carbocycles. The number of hydrogen-bond acceptors (Lipinski definition) is 1. The molecule has 0 heterocycles. The maximum absolute atomic E-state index is 5.28. The Kier molecular flexibility index (Phi) is 3.72. The van der Waals surface area contributed by atoms with Crippen LogP contribution in [0.4, 0.5) is 0 Å². The first-order valence-electron chi connectivity index (χ1n) is 5.80. The first-order valence-corrected chi connectivity index (χ1v) is 6.66. The monoisotopic (exact) mass is 229 g/mol. The molecule has 2 aliphatic rings. The molecule has 0 radical (unpaired) electrons. The number of thiocarbonyl (C=S) groups is 1. The highest BCUT2D eigenvalue weighted by Crippen LogP contribution is 2.32. The molecular formula is C11H19NS2. The molecule has 14 heavy (non-hydrogen) atoms. The van der Waals surface area contributed by atoms with Gasteiger partial charge in [0.25, 0.3) is 0 Å². The van der Waals surface area contributed by atoms with E-state index in [1.165, 1.54) is 51.4 Å². The van der Waals surface area contributed by atoms with E-state index >= 15 is 0 Å². The zero-order valence-corrected chi connectivity index (χ0v) is 10.3. The van der Waals surface area contributed by atoms with Crippen molar-refractivity contribution in [2.75, 3.05) is 0 Å². The molecule has 2 aliphatic carbocycles. The van der Waals surface area contributed by atoms with Gasteiger partial charge in [0, 0.05) is 12.1 Å². The zero-order chi connectivity index (χ0) is 9.97. The van der Waals surface area contributed by atoms with Crippen molar-refractivity contribution in [3.05, 3.63) is 0 Å². The minimum Gasteiger partial charge on any atom is -0.352 e. The van der Waals surface area contributed by atoms with E-state index in [9.17, 15) is 0 Å². The largest absolute Gasteiger partial charge is 0.352 e. The Morgan fingerprint density at radius 1 is 0.929 bits per heavy atom. The van der Waals surface area contributed by atoms with Crippen LogP contribution in [-0.4, -0.2) is 21.3 Å². The van der Waals surface area contributed by atoms with Gasteiger partial charge in [0.1, 0.15) is 4.32 Å². The molecule has 0 spiro atoms. The lowest BCUT2D eigenvalue weighted by molar-refractivity contribution is 0.248. The van der Waals surface area contributed by atoms with E-state index in [0.29, 0.717) is 12.1 Å². The van der Waals surface area contributed by atoms with Crippen LogP contribution >= 0.6 is 24.8 Å². The van der Waals surface area contributed by atoms with Gasteiger partial charge in [0.05, 0.1) is 0 Å². The van der Waals surface area contributed by atoms with Gasteiger partial charge in [0.15, 0.2) is 0 Å². The minimum absolute atomic E-state index is 0.711. The molecule has 0 aromatic heterocycles. The van der Waals surface area contributed by atoms with Crippen LogP contribution < -0.4 is 0 Å². The van der Waals surface area contributed by atoms with Gasteiger partial charge in [-0.1, -0.05) is 37.9 Å². The van der Waals surface area contributed by atoms with Gasteiger partial charge in [-0.15, -0.1) is 12.6 Å². The van der Waals surface area contributed by atoms with Crippen LogP contribution in [0.15, 0.2) is 0 Å². The van der Waals surface area contributed by atoms with Gasteiger partial charge in [-0.2, -0.15) is 0 Å². The molecule has 0 amide bonds. The Morgan fingerprint density at radius 2 is 1.29 bits per heavy atom. The summed E-state index contributed by atoms with van der Waals surface area (Å²) in [6.07, 6.45) is 10.8. The van der Waals surface area contributed by atoms with Crippen LogP contribution in [-0.2, 0) is 0 Å². The highest BCUT2D eigenvalue weighted by Gasteiger charge is 2.30. The van der Waals surface area contributed by atoms with Crippen molar-refractivity contribution in [3.63, 3.8) is 0 Å². The van der Waals surface area contributed by atoms with E-state index in [2.05, 4.69) is 17.5 Å². The van der Waals surface area contributed by atoms with E-state index in [-0.39, 0.29) is 0 Å². The number of thiol groups is 1. The van der Waals surface area contributed by atoms with Crippen molar-refractivity contribution < 1.29 is 0 Å². The Hall–Kier alpha value is 0.240. The average Bonchev–Trinajstić information content (AvgIpc) is 2.75. The number of rotatable bonds is 2. The third-order valence-corrected chi connectivity index (χ3v) is 4.10. The van der Waals surface area contributed by atoms with Crippen LogP contribution in [0.5, 0.6) is 0 Å². The Morgan fingerprint density at radius 3 is 1.57 bits per heavy atom. The SMILES string of the molecule is S=C(S)N(C1CCCC1)C1CCCC1. The molecule has 0 aromatic rings. The highest BCUT2D eigenvalue weighted by molar-refractivity contribution is 8.10. The molecule has 0 N–H and O–H groups in total.